The lowest BCUT2D eigenvalue weighted by Gasteiger charge is -2.31. The van der Waals surface area contributed by atoms with E-state index in [0.29, 0.717) is 12.2 Å². The van der Waals surface area contributed by atoms with Crippen LogP contribution < -0.4 is 10.1 Å². The van der Waals surface area contributed by atoms with Crippen LogP contribution in [0.5, 0.6) is 11.5 Å². The molecule has 0 spiro atoms. The maximum atomic E-state index is 10.5. The molecular formula is C25H25BrN2O2. The zero-order valence-corrected chi connectivity index (χ0v) is 18.7. The number of para-hydroxylation sites is 1. The minimum Gasteiger partial charge on any atom is -0.508 e. The summed E-state index contributed by atoms with van der Waals surface area (Å²) >= 11 is 3.58. The molecule has 4 rings (SSSR count). The first-order valence-electron chi connectivity index (χ1n) is 10.1. The first-order valence-corrected chi connectivity index (χ1v) is 10.9. The normalized spacial score (nSPS) is 18.7. The summed E-state index contributed by atoms with van der Waals surface area (Å²) in [6.07, 6.45) is 1.49. The number of nitrogens with one attached hydrogen (secondary N) is 1. The van der Waals surface area contributed by atoms with Gasteiger partial charge in [0.2, 0.25) is 0 Å². The average Bonchev–Trinajstić information content (AvgIpc) is 2.79. The molecule has 0 saturated carbocycles. The third-order valence-electron chi connectivity index (χ3n) is 5.54. The molecule has 4 nitrogen and oxygen atoms in total. The number of aliphatic imine (C=N–C) groups is 1. The van der Waals surface area contributed by atoms with Crippen LogP contribution in [0.4, 0.5) is 0 Å². The van der Waals surface area contributed by atoms with Gasteiger partial charge in [-0.1, -0.05) is 55.5 Å². The van der Waals surface area contributed by atoms with E-state index < -0.39 is 0 Å². The summed E-state index contributed by atoms with van der Waals surface area (Å²) in [5.41, 5.74) is 5.37. The fraction of sp³-hybridized carbons (Fsp3) is 0.240. The standard InChI is InChI=1S/C25H25BrN2O2/c1-3-16-8-10-17(11-9-16)21-15-22(19-6-4-5-7-23(19)29)28-25(27-21)18-12-13-24(30-2)20(26)14-18/h4-14,22,25,28-29H,3,15H2,1-2H3/t22-,25-/m1/s1. The van der Waals surface area contributed by atoms with E-state index in [-0.39, 0.29) is 12.2 Å². The zero-order chi connectivity index (χ0) is 21.1. The lowest BCUT2D eigenvalue weighted by molar-refractivity contribution is 0.406. The van der Waals surface area contributed by atoms with Gasteiger partial charge in [0, 0.05) is 23.7 Å². The summed E-state index contributed by atoms with van der Waals surface area (Å²) in [6, 6.07) is 22.1. The summed E-state index contributed by atoms with van der Waals surface area (Å²) in [6.45, 7) is 2.16. The van der Waals surface area contributed by atoms with Crippen molar-refractivity contribution in [3.63, 3.8) is 0 Å². The fourth-order valence-electron chi connectivity index (χ4n) is 3.82. The highest BCUT2D eigenvalue weighted by Crippen LogP contribution is 2.36. The van der Waals surface area contributed by atoms with Gasteiger partial charge in [-0.3, -0.25) is 10.3 Å². The Morgan fingerprint density at radius 1 is 1.10 bits per heavy atom. The highest BCUT2D eigenvalue weighted by atomic mass is 79.9. The summed E-state index contributed by atoms with van der Waals surface area (Å²) in [7, 11) is 1.66. The van der Waals surface area contributed by atoms with E-state index in [2.05, 4.69) is 52.4 Å². The fourth-order valence-corrected chi connectivity index (χ4v) is 4.38. The van der Waals surface area contributed by atoms with Gasteiger partial charge >= 0.3 is 0 Å². The lowest BCUT2D eigenvalue weighted by Crippen LogP contribution is -2.33. The number of methoxy groups -OCH3 is 1. The quantitative estimate of drug-likeness (QED) is 0.490. The van der Waals surface area contributed by atoms with E-state index in [1.165, 1.54) is 5.56 Å². The molecular weight excluding hydrogens is 440 g/mol. The maximum absolute atomic E-state index is 10.5. The van der Waals surface area contributed by atoms with Gasteiger partial charge in [-0.05, 0) is 57.2 Å². The number of nitrogens with zero attached hydrogens (tertiary/aromatic N) is 1. The summed E-state index contributed by atoms with van der Waals surface area (Å²) in [4.78, 5) is 5.04. The number of rotatable bonds is 5. The number of benzene rings is 3. The molecule has 0 bridgehead atoms. The number of hydrogen-bond donors (Lipinski definition) is 2. The minimum atomic E-state index is -0.230. The molecule has 3 aromatic rings. The molecule has 0 radical (unpaired) electrons. The molecule has 3 aromatic carbocycles. The van der Waals surface area contributed by atoms with Crippen LogP contribution in [0.3, 0.4) is 0 Å². The van der Waals surface area contributed by atoms with Crippen LogP contribution in [-0.2, 0) is 6.42 Å². The molecule has 30 heavy (non-hydrogen) atoms. The van der Waals surface area contributed by atoms with Crippen LogP contribution in [0.15, 0.2) is 76.2 Å². The molecule has 0 aliphatic carbocycles. The first-order chi connectivity index (χ1) is 14.6. The topological polar surface area (TPSA) is 53.8 Å². The molecule has 0 aromatic heterocycles. The number of ether oxygens (including phenoxy) is 1. The predicted molar refractivity (Wildman–Crippen MR) is 124 cm³/mol. The second-order valence-electron chi connectivity index (χ2n) is 7.40. The zero-order valence-electron chi connectivity index (χ0n) is 17.1. The Kier molecular flexibility index (Phi) is 6.21. The van der Waals surface area contributed by atoms with Crippen molar-refractivity contribution in [1.29, 1.82) is 0 Å². The number of aryl methyl sites for hydroxylation is 1. The van der Waals surface area contributed by atoms with Gasteiger partial charge in [0.1, 0.15) is 17.7 Å². The van der Waals surface area contributed by atoms with Crippen LogP contribution in [0.2, 0.25) is 0 Å². The van der Waals surface area contributed by atoms with Crippen LogP contribution in [0, 0.1) is 0 Å². The van der Waals surface area contributed by atoms with Gasteiger partial charge < -0.3 is 9.84 Å². The van der Waals surface area contributed by atoms with Gasteiger partial charge in [-0.25, -0.2) is 0 Å². The Bertz CT molecular complexity index is 1060. The van der Waals surface area contributed by atoms with E-state index in [4.69, 9.17) is 9.73 Å². The monoisotopic (exact) mass is 464 g/mol. The first kappa shape index (κ1) is 20.6. The Morgan fingerprint density at radius 2 is 1.87 bits per heavy atom. The molecule has 0 fully saturated rings. The molecule has 1 aliphatic heterocycles. The maximum Gasteiger partial charge on any atom is 0.133 e. The molecule has 0 unspecified atom stereocenters. The van der Waals surface area contributed by atoms with Crippen molar-refractivity contribution >= 4 is 21.6 Å². The van der Waals surface area contributed by atoms with Crippen LogP contribution >= 0.6 is 15.9 Å². The average molecular weight is 465 g/mol. The Labute approximate surface area is 185 Å². The van der Waals surface area contributed by atoms with E-state index in [9.17, 15) is 5.11 Å². The highest BCUT2D eigenvalue weighted by Gasteiger charge is 2.27. The molecule has 2 atom stereocenters. The largest absolute Gasteiger partial charge is 0.508 e. The molecule has 154 valence electrons. The molecule has 2 N–H and O–H groups in total. The molecule has 5 heteroatoms. The van der Waals surface area contributed by atoms with Gasteiger partial charge in [-0.2, -0.15) is 0 Å². The minimum absolute atomic E-state index is 0.0459. The Hall–Kier alpha value is -2.63. The van der Waals surface area contributed by atoms with E-state index in [1.54, 1.807) is 13.2 Å². The van der Waals surface area contributed by atoms with Crippen molar-refractivity contribution in [2.45, 2.75) is 32.0 Å². The van der Waals surface area contributed by atoms with Crippen LogP contribution in [0.1, 0.15) is 47.8 Å². The van der Waals surface area contributed by atoms with E-state index >= 15 is 0 Å². The van der Waals surface area contributed by atoms with Crippen molar-refractivity contribution < 1.29 is 9.84 Å². The summed E-state index contributed by atoms with van der Waals surface area (Å²) in [5.74, 6) is 1.08. The van der Waals surface area contributed by atoms with E-state index in [0.717, 1.165) is 39.0 Å². The number of aromatic hydroxyl groups is 1. The van der Waals surface area contributed by atoms with Crippen LogP contribution in [0.25, 0.3) is 0 Å². The Morgan fingerprint density at radius 3 is 2.53 bits per heavy atom. The number of phenolic OH excluding ortho intramolecular Hbond substituents is 1. The second kappa shape index (κ2) is 9.02. The van der Waals surface area contributed by atoms with Crippen molar-refractivity contribution in [3.8, 4) is 11.5 Å². The smallest absolute Gasteiger partial charge is 0.133 e. The summed E-state index contributed by atoms with van der Waals surface area (Å²) in [5, 5.41) is 14.1. The van der Waals surface area contributed by atoms with Crippen molar-refractivity contribution in [3.05, 3.63) is 93.5 Å². The molecule has 0 amide bonds. The van der Waals surface area contributed by atoms with Gasteiger partial charge in [0.05, 0.1) is 11.6 Å². The highest BCUT2D eigenvalue weighted by molar-refractivity contribution is 9.10. The number of phenols is 1. The molecule has 1 aliphatic rings. The van der Waals surface area contributed by atoms with Crippen molar-refractivity contribution in [1.82, 2.24) is 5.32 Å². The van der Waals surface area contributed by atoms with Gasteiger partial charge in [0.25, 0.3) is 0 Å². The third kappa shape index (κ3) is 4.27. The molecule has 1 heterocycles. The third-order valence-corrected chi connectivity index (χ3v) is 6.16. The van der Waals surface area contributed by atoms with Crippen molar-refractivity contribution in [2.24, 2.45) is 4.99 Å². The van der Waals surface area contributed by atoms with E-state index in [1.807, 2.05) is 36.4 Å². The SMILES string of the molecule is CCc1ccc(C2=N[C@@H](c3ccc(OC)c(Br)c3)N[C@@H](c3ccccc3O)C2)cc1. The molecule has 0 saturated heterocycles. The number of halogens is 1. The summed E-state index contributed by atoms with van der Waals surface area (Å²) < 4.78 is 6.26. The Balaban J connectivity index is 1.74. The van der Waals surface area contributed by atoms with Gasteiger partial charge in [0.15, 0.2) is 0 Å². The second-order valence-corrected chi connectivity index (χ2v) is 8.26. The predicted octanol–water partition coefficient (Wildman–Crippen LogP) is 5.95. The lowest BCUT2D eigenvalue weighted by atomic mass is 9.93. The van der Waals surface area contributed by atoms with Crippen LogP contribution in [-0.4, -0.2) is 17.9 Å². The van der Waals surface area contributed by atoms with Crippen molar-refractivity contribution in [2.75, 3.05) is 7.11 Å². The number of hydrogen-bond acceptors (Lipinski definition) is 4. The van der Waals surface area contributed by atoms with Gasteiger partial charge in [-0.15, -0.1) is 0 Å².